The SMILES string of the molecule is CCOS(CCCSSCCCS(OCC)(OCC)OCC)(OCC)OCC. The third-order valence-electron chi connectivity index (χ3n) is 3.11. The standard InChI is InChI=1S/C18H42O6S4/c1-7-19-27(20-8-2,21-9-3)17-13-15-25-26-16-14-18-28(22-10-4,23-11-5)24-12-6/h7-18H2,1-6H3. The van der Waals surface area contributed by atoms with Gasteiger partial charge in [-0.15, -0.1) is 0 Å². The fraction of sp³-hybridized carbons (Fsp3) is 1.00. The summed E-state index contributed by atoms with van der Waals surface area (Å²) in [5.41, 5.74) is 0. The molecule has 174 valence electrons. The van der Waals surface area contributed by atoms with Crippen LogP contribution in [0.3, 0.4) is 0 Å². The quantitative estimate of drug-likeness (QED) is 0.136. The van der Waals surface area contributed by atoms with Crippen molar-refractivity contribution in [1.82, 2.24) is 0 Å². The molecule has 0 saturated carbocycles. The maximum atomic E-state index is 5.85. The monoisotopic (exact) mass is 482 g/mol. The molecule has 0 aliphatic heterocycles. The van der Waals surface area contributed by atoms with Crippen LogP contribution in [0.5, 0.6) is 0 Å². The van der Waals surface area contributed by atoms with Crippen LogP contribution < -0.4 is 0 Å². The number of rotatable bonds is 21. The second kappa shape index (κ2) is 18.9. The van der Waals surface area contributed by atoms with Crippen LogP contribution in [0.1, 0.15) is 54.4 Å². The van der Waals surface area contributed by atoms with E-state index in [1.54, 1.807) is 0 Å². The van der Waals surface area contributed by atoms with Crippen molar-refractivity contribution in [2.45, 2.75) is 54.4 Å². The van der Waals surface area contributed by atoms with Crippen molar-refractivity contribution in [3.63, 3.8) is 0 Å². The molecule has 6 nitrogen and oxygen atoms in total. The van der Waals surface area contributed by atoms with Gasteiger partial charge >= 0.3 is 0 Å². The van der Waals surface area contributed by atoms with Gasteiger partial charge in [-0.2, -0.15) is 0 Å². The molecule has 0 aromatic carbocycles. The van der Waals surface area contributed by atoms with Crippen LogP contribution in [0.25, 0.3) is 0 Å². The van der Waals surface area contributed by atoms with Crippen LogP contribution in [-0.2, 0) is 25.1 Å². The van der Waals surface area contributed by atoms with Crippen molar-refractivity contribution in [3.05, 3.63) is 0 Å². The molecule has 0 aliphatic carbocycles. The first kappa shape index (κ1) is 29.2. The highest BCUT2D eigenvalue weighted by Gasteiger charge is 2.26. The third kappa shape index (κ3) is 12.8. The van der Waals surface area contributed by atoms with E-state index in [2.05, 4.69) is 0 Å². The smallest absolute Gasteiger partial charge is 0.0887 e. The summed E-state index contributed by atoms with van der Waals surface area (Å²) in [4.78, 5) is 0. The van der Waals surface area contributed by atoms with Gasteiger partial charge in [0.25, 0.3) is 0 Å². The van der Waals surface area contributed by atoms with E-state index in [9.17, 15) is 0 Å². The molecule has 0 spiro atoms. The Balaban J connectivity index is 4.14. The van der Waals surface area contributed by atoms with E-state index in [4.69, 9.17) is 25.1 Å². The fourth-order valence-corrected chi connectivity index (χ4v) is 9.15. The average Bonchev–Trinajstić information content (AvgIpc) is 2.65. The minimum absolute atomic E-state index is 0.612. The maximum absolute atomic E-state index is 5.85. The molecule has 10 heteroatoms. The van der Waals surface area contributed by atoms with E-state index < -0.39 is 21.7 Å². The van der Waals surface area contributed by atoms with Crippen molar-refractivity contribution in [2.75, 3.05) is 62.7 Å². The Bertz CT molecular complexity index is 286. The molecule has 0 heterocycles. The van der Waals surface area contributed by atoms with Gasteiger partial charge in [-0.05, 0) is 54.4 Å². The van der Waals surface area contributed by atoms with Gasteiger partial charge in [0.1, 0.15) is 0 Å². The summed E-state index contributed by atoms with van der Waals surface area (Å²) in [5.74, 6) is 3.74. The Morgan fingerprint density at radius 3 is 0.929 bits per heavy atom. The molecule has 0 fully saturated rings. The summed E-state index contributed by atoms with van der Waals surface area (Å²) in [6.07, 6.45) is 2.03. The molecular formula is C18H42O6S4. The Morgan fingerprint density at radius 1 is 0.464 bits per heavy atom. The Morgan fingerprint density at radius 2 is 0.714 bits per heavy atom. The molecule has 0 N–H and O–H groups in total. The minimum Gasteiger partial charge on any atom is -0.293 e. The predicted molar refractivity (Wildman–Crippen MR) is 129 cm³/mol. The summed E-state index contributed by atoms with van der Waals surface area (Å²) < 4.78 is 35.1. The van der Waals surface area contributed by atoms with E-state index in [1.165, 1.54) is 0 Å². The zero-order valence-corrected chi connectivity index (χ0v) is 21.8. The molecule has 0 aromatic heterocycles. The molecule has 0 radical (unpaired) electrons. The highest BCUT2D eigenvalue weighted by atomic mass is 33.1. The summed E-state index contributed by atoms with van der Waals surface area (Å²) >= 11 is 0. The fourth-order valence-electron chi connectivity index (χ4n) is 2.34. The molecule has 0 amide bonds. The second-order valence-electron chi connectivity index (χ2n) is 5.31. The summed E-state index contributed by atoms with van der Waals surface area (Å²) in [7, 11) is 0.0754. The first-order valence-electron chi connectivity index (χ1n) is 10.3. The first-order chi connectivity index (χ1) is 13.6. The van der Waals surface area contributed by atoms with Gasteiger partial charge in [-0.25, -0.2) is 0 Å². The van der Waals surface area contributed by atoms with Crippen molar-refractivity contribution in [2.24, 2.45) is 0 Å². The van der Waals surface area contributed by atoms with Gasteiger partial charge in [0, 0.05) is 23.0 Å². The molecule has 0 aliphatic rings. The Kier molecular flexibility index (Phi) is 19.7. The summed E-state index contributed by atoms with van der Waals surface area (Å²) in [6.45, 7) is 15.6. The third-order valence-corrected chi connectivity index (χ3v) is 10.8. The van der Waals surface area contributed by atoms with Crippen molar-refractivity contribution in [1.29, 1.82) is 0 Å². The van der Waals surface area contributed by atoms with Crippen LogP contribution in [0.4, 0.5) is 0 Å². The highest BCUT2D eigenvalue weighted by molar-refractivity contribution is 8.76. The summed E-state index contributed by atoms with van der Waals surface area (Å²) in [6, 6.07) is 0. The van der Waals surface area contributed by atoms with Gasteiger partial charge < -0.3 is 0 Å². The highest BCUT2D eigenvalue weighted by Crippen LogP contribution is 2.53. The van der Waals surface area contributed by atoms with Crippen LogP contribution in [0, 0.1) is 0 Å². The van der Waals surface area contributed by atoms with Gasteiger partial charge in [0.15, 0.2) is 0 Å². The number of hydrogen-bond acceptors (Lipinski definition) is 8. The lowest BCUT2D eigenvalue weighted by Crippen LogP contribution is -2.17. The Labute approximate surface area is 185 Å². The van der Waals surface area contributed by atoms with E-state index in [1.807, 2.05) is 63.1 Å². The van der Waals surface area contributed by atoms with Gasteiger partial charge in [-0.1, -0.05) is 21.6 Å². The predicted octanol–water partition coefficient (Wildman–Crippen LogP) is 6.47. The molecule has 0 unspecified atom stereocenters. The lowest BCUT2D eigenvalue weighted by molar-refractivity contribution is 0.184. The molecular weight excluding hydrogens is 440 g/mol. The largest absolute Gasteiger partial charge is 0.293 e. The van der Waals surface area contributed by atoms with E-state index >= 15 is 0 Å². The van der Waals surface area contributed by atoms with Gasteiger partial charge in [0.2, 0.25) is 0 Å². The molecule has 0 atom stereocenters. The topological polar surface area (TPSA) is 55.4 Å². The van der Waals surface area contributed by atoms with E-state index in [-0.39, 0.29) is 0 Å². The molecule has 0 rings (SSSR count). The molecule has 28 heavy (non-hydrogen) atoms. The zero-order valence-electron chi connectivity index (χ0n) is 18.6. The normalized spacial score (nSPS) is 13.8. The van der Waals surface area contributed by atoms with Crippen LogP contribution in [0.15, 0.2) is 0 Å². The molecule has 0 bridgehead atoms. The van der Waals surface area contributed by atoms with Crippen LogP contribution in [-0.4, -0.2) is 62.7 Å². The zero-order chi connectivity index (χ0) is 21.1. The minimum atomic E-state index is -1.85. The molecule has 0 aromatic rings. The molecule has 0 saturated heterocycles. The Hall–Kier alpha value is 1.16. The first-order valence-corrected chi connectivity index (χ1v) is 15.9. The van der Waals surface area contributed by atoms with E-state index in [0.717, 1.165) is 35.9 Å². The van der Waals surface area contributed by atoms with Crippen LogP contribution >= 0.6 is 43.3 Å². The number of hydrogen-bond donors (Lipinski definition) is 0. The van der Waals surface area contributed by atoms with Crippen molar-refractivity contribution >= 4 is 43.3 Å². The average molecular weight is 483 g/mol. The summed E-state index contributed by atoms with van der Waals surface area (Å²) in [5, 5.41) is 0. The van der Waals surface area contributed by atoms with E-state index in [0.29, 0.717) is 39.6 Å². The second-order valence-corrected chi connectivity index (χ2v) is 12.5. The maximum Gasteiger partial charge on any atom is 0.0887 e. The van der Waals surface area contributed by atoms with Gasteiger partial charge in [0.05, 0.1) is 61.4 Å². The lowest BCUT2D eigenvalue weighted by Gasteiger charge is -2.36. The van der Waals surface area contributed by atoms with Crippen LogP contribution in [0.2, 0.25) is 0 Å². The van der Waals surface area contributed by atoms with Crippen molar-refractivity contribution in [3.8, 4) is 0 Å². The van der Waals surface area contributed by atoms with Crippen molar-refractivity contribution < 1.29 is 25.1 Å². The van der Waals surface area contributed by atoms with Gasteiger partial charge in [-0.3, -0.25) is 25.1 Å². The lowest BCUT2D eigenvalue weighted by atomic mass is 10.6.